The highest BCUT2D eigenvalue weighted by Gasteiger charge is 2.37. The number of carbonyl (C=O) groups excluding carboxylic acids is 2. The first-order valence-corrected chi connectivity index (χ1v) is 11.4. The van der Waals surface area contributed by atoms with Gasteiger partial charge in [-0.05, 0) is 32.3 Å². The average Bonchev–Trinajstić information content (AvgIpc) is 2.41. The molecular weight excluding hydrogens is 410 g/mol. The lowest BCUT2D eigenvalue weighted by molar-refractivity contribution is -0.143. The predicted octanol–water partition coefficient (Wildman–Crippen LogP) is 2.12. The van der Waals surface area contributed by atoms with Gasteiger partial charge in [-0.2, -0.15) is 8.42 Å². The Morgan fingerprint density at radius 2 is 1.46 bits per heavy atom. The van der Waals surface area contributed by atoms with Crippen LogP contribution in [0.3, 0.4) is 0 Å². The van der Waals surface area contributed by atoms with Crippen molar-refractivity contribution < 1.29 is 35.3 Å². The van der Waals surface area contributed by atoms with Crippen LogP contribution in [-0.2, 0) is 34.3 Å². The molecule has 0 aliphatic heterocycles. The summed E-state index contributed by atoms with van der Waals surface area (Å²) in [6.45, 7) is 9.87. The van der Waals surface area contributed by atoms with Gasteiger partial charge in [-0.3, -0.25) is 4.79 Å². The summed E-state index contributed by atoms with van der Waals surface area (Å²) in [7, 11) is -9.12. The van der Waals surface area contributed by atoms with Gasteiger partial charge < -0.3 is 14.7 Å². The van der Waals surface area contributed by atoms with Crippen molar-refractivity contribution in [3.63, 3.8) is 0 Å². The molecule has 1 rings (SSSR count). The molecule has 158 valence electrons. The Balaban J connectivity index is 4.03. The largest absolute Gasteiger partial charge is 0.424 e. The second-order valence-corrected chi connectivity index (χ2v) is 11.8. The number of benzene rings is 1. The van der Waals surface area contributed by atoms with Gasteiger partial charge in [0.05, 0.1) is 5.41 Å². The minimum atomic E-state index is -4.87. The maximum atomic E-state index is 12.5. The third kappa shape index (κ3) is 5.44. The van der Waals surface area contributed by atoms with Crippen molar-refractivity contribution >= 4 is 32.0 Å². The van der Waals surface area contributed by atoms with E-state index in [0.717, 1.165) is 12.3 Å². The molecule has 2 N–H and O–H groups in total. The predicted molar refractivity (Wildman–Crippen MR) is 101 cm³/mol. The van der Waals surface area contributed by atoms with Crippen LogP contribution in [0.2, 0.25) is 0 Å². The Morgan fingerprint density at radius 1 is 0.964 bits per heavy atom. The fourth-order valence-electron chi connectivity index (χ4n) is 2.18. The number of amides is 1. The molecule has 0 aromatic heterocycles. The highest BCUT2D eigenvalue weighted by Crippen LogP contribution is 2.41. The molecule has 9 nitrogen and oxygen atoms in total. The Morgan fingerprint density at radius 3 is 1.82 bits per heavy atom. The quantitative estimate of drug-likeness (QED) is 0.430. The van der Waals surface area contributed by atoms with Gasteiger partial charge in [0, 0.05) is 11.8 Å². The van der Waals surface area contributed by atoms with Crippen molar-refractivity contribution in [3.8, 4) is 5.75 Å². The van der Waals surface area contributed by atoms with Crippen molar-refractivity contribution in [2.45, 2.75) is 56.7 Å². The van der Waals surface area contributed by atoms with E-state index >= 15 is 0 Å². The number of esters is 1. The number of hydrogen-bond donors (Lipinski definition) is 1. The zero-order valence-corrected chi connectivity index (χ0v) is 18.4. The van der Waals surface area contributed by atoms with Gasteiger partial charge in [0.25, 0.3) is 0 Å². The summed E-state index contributed by atoms with van der Waals surface area (Å²) in [5, 5.41) is 0. The Labute approximate surface area is 165 Å². The molecule has 28 heavy (non-hydrogen) atoms. The summed E-state index contributed by atoms with van der Waals surface area (Å²) in [6.07, 6.45) is -0.875. The highest BCUT2D eigenvalue weighted by atomic mass is 32.2. The molecule has 1 aromatic carbocycles. The number of primary amides is 1. The lowest BCUT2D eigenvalue weighted by Crippen LogP contribution is -2.29. The number of carbonyl (C=O) groups is 2. The maximum absolute atomic E-state index is 12.5. The second-order valence-electron chi connectivity index (χ2n) is 8.29. The first kappa shape index (κ1) is 23.9. The van der Waals surface area contributed by atoms with E-state index in [9.17, 15) is 26.4 Å². The Bertz CT molecular complexity index is 1010. The normalized spacial score (nSPS) is 13.1. The van der Waals surface area contributed by atoms with E-state index in [4.69, 9.17) is 10.5 Å². The molecule has 0 saturated heterocycles. The molecular formula is C17H25NO8S2. The number of ether oxygens (including phenoxy) is 1. The van der Waals surface area contributed by atoms with E-state index in [1.807, 2.05) is 0 Å². The number of rotatable bonds is 4. The molecule has 1 aromatic rings. The van der Waals surface area contributed by atoms with E-state index in [0.29, 0.717) is 0 Å². The fourth-order valence-corrected chi connectivity index (χ4v) is 4.73. The van der Waals surface area contributed by atoms with Crippen LogP contribution in [0.15, 0.2) is 21.9 Å². The number of nitrogens with two attached hydrogens (primary N) is 1. The van der Waals surface area contributed by atoms with Crippen LogP contribution in [0.4, 0.5) is 4.79 Å². The smallest absolute Gasteiger partial charge is 0.420 e. The van der Waals surface area contributed by atoms with Gasteiger partial charge in [0.1, 0.15) is 9.79 Å². The molecule has 0 heterocycles. The van der Waals surface area contributed by atoms with Crippen LogP contribution < -0.4 is 10.5 Å². The van der Waals surface area contributed by atoms with Gasteiger partial charge in [-0.1, -0.05) is 26.8 Å². The minimum absolute atomic E-state index is 0.281. The van der Waals surface area contributed by atoms with Crippen LogP contribution in [0, 0.1) is 5.41 Å². The zero-order chi connectivity index (χ0) is 22.3. The second kappa shape index (κ2) is 7.36. The summed E-state index contributed by atoms with van der Waals surface area (Å²) < 4.78 is 59.2. The standard InChI is InChI=1S/C17H25NO8S2/c1-16(2,3)10-8-9-11(28(23,24)26-15(18)20)13(27(7,21)22)12(10)25-14(19)17(4,5)6/h8-9H,1-7H3,(H2,18,20). The lowest BCUT2D eigenvalue weighted by atomic mass is 9.86. The van der Waals surface area contributed by atoms with Crippen LogP contribution in [0.25, 0.3) is 0 Å². The zero-order valence-electron chi connectivity index (χ0n) is 16.8. The van der Waals surface area contributed by atoms with Crippen molar-refractivity contribution in [1.29, 1.82) is 0 Å². The summed E-state index contributed by atoms with van der Waals surface area (Å²) >= 11 is 0. The Kier molecular flexibility index (Phi) is 6.28. The van der Waals surface area contributed by atoms with Gasteiger partial charge in [0.15, 0.2) is 15.6 Å². The van der Waals surface area contributed by atoms with Crippen molar-refractivity contribution in [2.75, 3.05) is 6.26 Å². The summed E-state index contributed by atoms with van der Waals surface area (Å²) in [4.78, 5) is 21.8. The van der Waals surface area contributed by atoms with E-state index in [-0.39, 0.29) is 5.56 Å². The van der Waals surface area contributed by atoms with Crippen LogP contribution in [0.5, 0.6) is 5.75 Å². The third-order valence-corrected chi connectivity index (χ3v) is 6.06. The SMILES string of the molecule is CC(C)(C)C(=O)Oc1c(C(C)(C)C)ccc(S(=O)(=O)OC(N)=O)c1S(C)(=O)=O. The molecule has 0 saturated carbocycles. The summed E-state index contributed by atoms with van der Waals surface area (Å²) in [6, 6.07) is 2.28. The molecule has 0 unspecified atom stereocenters. The van der Waals surface area contributed by atoms with Gasteiger partial charge in [-0.25, -0.2) is 13.2 Å². The lowest BCUT2D eigenvalue weighted by Gasteiger charge is -2.26. The maximum Gasteiger partial charge on any atom is 0.420 e. The van der Waals surface area contributed by atoms with Crippen LogP contribution in [0.1, 0.15) is 47.1 Å². The van der Waals surface area contributed by atoms with E-state index in [1.165, 1.54) is 6.07 Å². The topological polar surface area (TPSA) is 147 Å². The molecule has 1 amide bonds. The van der Waals surface area contributed by atoms with E-state index < -0.39 is 58.4 Å². The average molecular weight is 436 g/mol. The molecule has 0 aliphatic rings. The minimum Gasteiger partial charge on any atom is -0.424 e. The van der Waals surface area contributed by atoms with Crippen molar-refractivity contribution in [3.05, 3.63) is 17.7 Å². The van der Waals surface area contributed by atoms with Gasteiger partial charge in [0.2, 0.25) is 0 Å². The van der Waals surface area contributed by atoms with Crippen LogP contribution >= 0.6 is 0 Å². The first-order valence-electron chi connectivity index (χ1n) is 8.12. The monoisotopic (exact) mass is 435 g/mol. The van der Waals surface area contributed by atoms with Gasteiger partial charge in [-0.15, -0.1) is 0 Å². The summed E-state index contributed by atoms with van der Waals surface area (Å²) in [5.41, 5.74) is 3.35. The molecule has 0 spiro atoms. The van der Waals surface area contributed by atoms with Crippen LogP contribution in [-0.4, -0.2) is 35.2 Å². The molecule has 0 radical (unpaired) electrons. The fraction of sp³-hybridized carbons (Fsp3) is 0.529. The summed E-state index contributed by atoms with van der Waals surface area (Å²) in [5.74, 6) is -1.20. The first-order chi connectivity index (χ1) is 12.3. The van der Waals surface area contributed by atoms with E-state index in [2.05, 4.69) is 4.18 Å². The van der Waals surface area contributed by atoms with Crippen molar-refractivity contribution in [1.82, 2.24) is 0 Å². The molecule has 0 fully saturated rings. The molecule has 0 bridgehead atoms. The third-order valence-electron chi connectivity index (χ3n) is 3.52. The molecule has 11 heteroatoms. The highest BCUT2D eigenvalue weighted by molar-refractivity contribution is 7.92. The number of sulfone groups is 1. The van der Waals surface area contributed by atoms with E-state index in [1.54, 1.807) is 41.5 Å². The Hall–Kier alpha value is -2.14. The molecule has 0 aliphatic carbocycles. The van der Waals surface area contributed by atoms with Crippen molar-refractivity contribution in [2.24, 2.45) is 11.1 Å². The molecule has 0 atom stereocenters. The van der Waals surface area contributed by atoms with Gasteiger partial charge >= 0.3 is 22.2 Å². The number of hydrogen-bond acceptors (Lipinski definition) is 8.